The molecular formula is C18H18ClN5O. The normalized spacial score (nSPS) is 16.0. The van der Waals surface area contributed by atoms with Gasteiger partial charge < -0.3 is 15.1 Å². The maximum absolute atomic E-state index is 12.4. The van der Waals surface area contributed by atoms with Gasteiger partial charge in [0.1, 0.15) is 12.1 Å². The highest BCUT2D eigenvalue weighted by molar-refractivity contribution is 6.30. The number of anilines is 2. The molecule has 2 amide bonds. The first-order valence-electron chi connectivity index (χ1n) is 8.27. The first-order chi connectivity index (χ1) is 12.2. The van der Waals surface area contributed by atoms with Crippen molar-refractivity contribution in [2.45, 2.75) is 6.42 Å². The number of amides is 2. The molecule has 1 fully saturated rings. The van der Waals surface area contributed by atoms with Crippen LogP contribution in [0.15, 0.2) is 36.7 Å². The minimum Gasteiger partial charge on any atom is -0.352 e. The zero-order valence-corrected chi connectivity index (χ0v) is 14.4. The van der Waals surface area contributed by atoms with Crippen molar-refractivity contribution in [2.24, 2.45) is 0 Å². The summed E-state index contributed by atoms with van der Waals surface area (Å²) < 4.78 is 0. The van der Waals surface area contributed by atoms with Crippen LogP contribution in [-0.2, 0) is 6.42 Å². The summed E-state index contributed by atoms with van der Waals surface area (Å²) in [5.41, 5.74) is 2.94. The Balaban J connectivity index is 1.38. The van der Waals surface area contributed by atoms with Gasteiger partial charge in [0, 0.05) is 48.9 Å². The lowest BCUT2D eigenvalue weighted by Gasteiger charge is -2.35. The molecule has 1 saturated heterocycles. The van der Waals surface area contributed by atoms with Gasteiger partial charge in [-0.15, -0.1) is 0 Å². The van der Waals surface area contributed by atoms with Gasteiger partial charge in [-0.2, -0.15) is 0 Å². The Kier molecular flexibility index (Phi) is 4.28. The second-order valence-electron chi connectivity index (χ2n) is 6.08. The summed E-state index contributed by atoms with van der Waals surface area (Å²) in [6.45, 7) is 2.82. The molecular weight excluding hydrogens is 338 g/mol. The van der Waals surface area contributed by atoms with E-state index in [1.165, 1.54) is 0 Å². The lowest BCUT2D eigenvalue weighted by Crippen LogP contribution is -2.50. The summed E-state index contributed by atoms with van der Waals surface area (Å²) in [5, 5.41) is 3.56. The van der Waals surface area contributed by atoms with Crippen LogP contribution in [0.3, 0.4) is 0 Å². The van der Waals surface area contributed by atoms with Gasteiger partial charge in [-0.25, -0.2) is 14.8 Å². The Morgan fingerprint density at radius 3 is 2.60 bits per heavy atom. The SMILES string of the molecule is O=C(Nc1ccc(Cl)cc1)N1CCN(c2ncnc3c2C=CC3)CC1. The molecule has 1 aromatic carbocycles. The van der Waals surface area contributed by atoms with E-state index in [0.717, 1.165) is 42.3 Å². The van der Waals surface area contributed by atoms with E-state index >= 15 is 0 Å². The molecule has 1 aromatic heterocycles. The number of aromatic nitrogens is 2. The van der Waals surface area contributed by atoms with Crippen LogP contribution in [-0.4, -0.2) is 47.1 Å². The molecule has 2 heterocycles. The number of hydrogen-bond acceptors (Lipinski definition) is 4. The van der Waals surface area contributed by atoms with Gasteiger partial charge in [-0.05, 0) is 24.3 Å². The Hall–Kier alpha value is -2.60. The largest absolute Gasteiger partial charge is 0.352 e. The molecule has 0 radical (unpaired) electrons. The summed E-state index contributed by atoms with van der Waals surface area (Å²) in [5.74, 6) is 0.969. The van der Waals surface area contributed by atoms with Gasteiger partial charge in [-0.1, -0.05) is 23.8 Å². The second kappa shape index (κ2) is 6.72. The van der Waals surface area contributed by atoms with E-state index in [4.69, 9.17) is 11.6 Å². The van der Waals surface area contributed by atoms with E-state index in [0.29, 0.717) is 18.1 Å². The van der Waals surface area contributed by atoms with Crippen LogP contribution in [0.2, 0.25) is 5.02 Å². The van der Waals surface area contributed by atoms with Gasteiger partial charge in [-0.3, -0.25) is 0 Å². The average Bonchev–Trinajstić information content (AvgIpc) is 3.12. The van der Waals surface area contributed by atoms with E-state index in [1.54, 1.807) is 30.6 Å². The minimum atomic E-state index is -0.0882. The first kappa shape index (κ1) is 15.9. The summed E-state index contributed by atoms with van der Waals surface area (Å²) in [6, 6.07) is 7.03. The van der Waals surface area contributed by atoms with Crippen LogP contribution in [0.4, 0.5) is 16.3 Å². The average molecular weight is 356 g/mol. The van der Waals surface area contributed by atoms with Crippen molar-refractivity contribution in [3.05, 3.63) is 52.9 Å². The lowest BCUT2D eigenvalue weighted by atomic mass is 10.2. The highest BCUT2D eigenvalue weighted by atomic mass is 35.5. The van der Waals surface area contributed by atoms with Crippen molar-refractivity contribution in [1.29, 1.82) is 0 Å². The van der Waals surface area contributed by atoms with Gasteiger partial charge in [0.05, 0.1) is 5.69 Å². The van der Waals surface area contributed by atoms with Crippen LogP contribution >= 0.6 is 11.6 Å². The monoisotopic (exact) mass is 355 g/mol. The third-order valence-electron chi connectivity index (χ3n) is 4.50. The molecule has 1 aliphatic heterocycles. The molecule has 0 spiro atoms. The summed E-state index contributed by atoms with van der Waals surface area (Å²) >= 11 is 5.87. The second-order valence-corrected chi connectivity index (χ2v) is 6.51. The number of carbonyl (C=O) groups excluding carboxylic acids is 1. The maximum Gasteiger partial charge on any atom is 0.321 e. The van der Waals surface area contributed by atoms with Gasteiger partial charge in [0.15, 0.2) is 0 Å². The third kappa shape index (κ3) is 3.30. The number of hydrogen-bond donors (Lipinski definition) is 1. The minimum absolute atomic E-state index is 0.0882. The summed E-state index contributed by atoms with van der Waals surface area (Å²) in [7, 11) is 0. The van der Waals surface area contributed by atoms with Crippen molar-refractivity contribution >= 4 is 35.2 Å². The van der Waals surface area contributed by atoms with Gasteiger partial charge >= 0.3 is 6.03 Å². The molecule has 6 nitrogen and oxygen atoms in total. The standard InChI is InChI=1S/C18H18ClN5O/c19-13-4-6-14(7-5-13)22-18(25)24-10-8-23(9-11-24)17-15-2-1-3-16(15)20-12-21-17/h1-2,4-7,12H,3,8-11H2,(H,22,25). The number of nitrogens with zero attached hydrogens (tertiary/aromatic N) is 4. The molecule has 25 heavy (non-hydrogen) atoms. The predicted octanol–water partition coefficient (Wildman–Crippen LogP) is 3.05. The number of rotatable bonds is 2. The first-order valence-corrected chi connectivity index (χ1v) is 8.65. The highest BCUT2D eigenvalue weighted by Gasteiger charge is 2.24. The van der Waals surface area contributed by atoms with Gasteiger partial charge in [0.2, 0.25) is 0 Å². The number of nitrogens with one attached hydrogen (secondary N) is 1. The fourth-order valence-corrected chi connectivity index (χ4v) is 3.28. The smallest absolute Gasteiger partial charge is 0.321 e. The zero-order valence-electron chi connectivity index (χ0n) is 13.7. The molecule has 2 aromatic rings. The Morgan fingerprint density at radius 1 is 1.08 bits per heavy atom. The van der Waals surface area contributed by atoms with Gasteiger partial charge in [0.25, 0.3) is 0 Å². The number of carbonyl (C=O) groups is 1. The number of allylic oxidation sites excluding steroid dienone is 1. The molecule has 0 unspecified atom stereocenters. The van der Waals surface area contributed by atoms with E-state index in [1.807, 2.05) is 4.90 Å². The number of halogens is 1. The van der Waals surface area contributed by atoms with Crippen LogP contribution in [0.5, 0.6) is 0 Å². The van der Waals surface area contributed by atoms with E-state index < -0.39 is 0 Å². The topological polar surface area (TPSA) is 61.4 Å². The van der Waals surface area contributed by atoms with Crippen molar-refractivity contribution in [3.63, 3.8) is 0 Å². The number of fused-ring (bicyclic) bond motifs is 1. The Labute approximate surface area is 151 Å². The number of urea groups is 1. The molecule has 1 aliphatic carbocycles. The molecule has 0 bridgehead atoms. The quantitative estimate of drug-likeness (QED) is 0.899. The van der Waals surface area contributed by atoms with Crippen LogP contribution in [0.1, 0.15) is 11.3 Å². The van der Waals surface area contributed by atoms with E-state index in [9.17, 15) is 4.79 Å². The molecule has 1 N–H and O–H groups in total. The third-order valence-corrected chi connectivity index (χ3v) is 4.76. The molecule has 4 rings (SSSR count). The number of piperazine rings is 1. The molecule has 2 aliphatic rings. The van der Waals surface area contributed by atoms with Crippen molar-refractivity contribution in [1.82, 2.24) is 14.9 Å². The fraction of sp³-hybridized carbons (Fsp3) is 0.278. The Morgan fingerprint density at radius 2 is 1.84 bits per heavy atom. The Bertz CT molecular complexity index is 813. The molecule has 0 saturated carbocycles. The fourth-order valence-electron chi connectivity index (χ4n) is 3.15. The van der Waals surface area contributed by atoms with Crippen molar-refractivity contribution < 1.29 is 4.79 Å². The van der Waals surface area contributed by atoms with E-state index in [-0.39, 0.29) is 6.03 Å². The molecule has 7 heteroatoms. The maximum atomic E-state index is 12.4. The molecule has 0 atom stereocenters. The number of benzene rings is 1. The molecule has 128 valence electrons. The lowest BCUT2D eigenvalue weighted by molar-refractivity contribution is 0.208. The van der Waals surface area contributed by atoms with Crippen molar-refractivity contribution in [2.75, 3.05) is 36.4 Å². The van der Waals surface area contributed by atoms with Crippen LogP contribution in [0, 0.1) is 0 Å². The van der Waals surface area contributed by atoms with E-state index in [2.05, 4.69) is 32.3 Å². The highest BCUT2D eigenvalue weighted by Crippen LogP contribution is 2.27. The zero-order chi connectivity index (χ0) is 17.2. The summed E-state index contributed by atoms with van der Waals surface area (Å²) in [4.78, 5) is 25.2. The van der Waals surface area contributed by atoms with Crippen LogP contribution < -0.4 is 10.2 Å². The van der Waals surface area contributed by atoms with Crippen LogP contribution in [0.25, 0.3) is 6.08 Å². The predicted molar refractivity (Wildman–Crippen MR) is 99.0 cm³/mol. The summed E-state index contributed by atoms with van der Waals surface area (Å²) in [6.07, 6.45) is 6.69. The van der Waals surface area contributed by atoms with Crippen molar-refractivity contribution in [3.8, 4) is 0 Å².